The summed E-state index contributed by atoms with van der Waals surface area (Å²) in [5.74, 6) is 0.582. The van der Waals surface area contributed by atoms with Crippen LogP contribution in [0.15, 0.2) is 60.9 Å². The van der Waals surface area contributed by atoms with Crippen molar-refractivity contribution in [2.24, 2.45) is 0 Å². The molecule has 1 heterocycles. The fourth-order valence-corrected chi connectivity index (χ4v) is 3.07. The highest BCUT2D eigenvalue weighted by Crippen LogP contribution is 2.29. The number of pyridine rings is 1. The molecule has 1 atom stereocenters. The molecule has 0 radical (unpaired) electrons. The molecule has 0 spiro atoms. The number of ether oxygens (including phenoxy) is 3. The number of nitrogens with zero attached hydrogens (tertiary/aromatic N) is 1. The van der Waals surface area contributed by atoms with Crippen LogP contribution < -0.4 is 25.1 Å². The van der Waals surface area contributed by atoms with Crippen LogP contribution in [-0.4, -0.2) is 29.5 Å². The molecule has 3 aromatic rings. The maximum Gasteiger partial charge on any atom is 0.279 e. The van der Waals surface area contributed by atoms with E-state index in [-0.39, 0.29) is 0 Å². The number of hydrogen-bond acceptors (Lipinski definition) is 6. The largest absolute Gasteiger partial charge is 0.490 e. The zero-order chi connectivity index (χ0) is 24.5. The fourth-order valence-electron chi connectivity index (χ4n) is 3.07. The van der Waals surface area contributed by atoms with Gasteiger partial charge in [-0.1, -0.05) is 18.2 Å². The van der Waals surface area contributed by atoms with Gasteiger partial charge in [0, 0.05) is 23.5 Å². The minimum atomic E-state index is -0.803. The summed E-state index contributed by atoms with van der Waals surface area (Å²) in [6.45, 7) is 8.07. The molecule has 178 valence electrons. The van der Waals surface area contributed by atoms with Crippen LogP contribution in [0.2, 0.25) is 0 Å². The van der Waals surface area contributed by atoms with Crippen molar-refractivity contribution in [1.82, 2.24) is 15.8 Å². The molecule has 34 heavy (non-hydrogen) atoms. The number of benzene rings is 2. The van der Waals surface area contributed by atoms with Crippen molar-refractivity contribution >= 4 is 11.8 Å². The molecule has 8 heteroatoms. The predicted octanol–water partition coefficient (Wildman–Crippen LogP) is 3.90. The first kappa shape index (κ1) is 24.6. The summed E-state index contributed by atoms with van der Waals surface area (Å²) in [5.41, 5.74) is 8.06. The zero-order valence-corrected chi connectivity index (χ0v) is 19.8. The Kier molecular flexibility index (Phi) is 8.45. The van der Waals surface area contributed by atoms with Gasteiger partial charge in [0.15, 0.2) is 17.6 Å². The van der Waals surface area contributed by atoms with Crippen molar-refractivity contribution in [1.29, 1.82) is 0 Å². The second-order valence-electron chi connectivity index (χ2n) is 7.65. The number of amides is 2. The number of aromatic nitrogens is 1. The zero-order valence-electron chi connectivity index (χ0n) is 19.8. The summed E-state index contributed by atoms with van der Waals surface area (Å²) < 4.78 is 17.2. The van der Waals surface area contributed by atoms with Crippen LogP contribution in [0.4, 0.5) is 0 Å². The van der Waals surface area contributed by atoms with Gasteiger partial charge in [-0.25, -0.2) is 0 Å². The van der Waals surface area contributed by atoms with Crippen LogP contribution >= 0.6 is 0 Å². The third-order valence-electron chi connectivity index (χ3n) is 5.15. The molecule has 1 unspecified atom stereocenters. The maximum absolute atomic E-state index is 12.6. The van der Waals surface area contributed by atoms with E-state index in [2.05, 4.69) is 15.8 Å². The Balaban J connectivity index is 1.59. The highest BCUT2D eigenvalue weighted by molar-refractivity contribution is 5.96. The van der Waals surface area contributed by atoms with Crippen molar-refractivity contribution in [2.45, 2.75) is 40.4 Å². The topological polar surface area (TPSA) is 98.8 Å². The summed E-state index contributed by atoms with van der Waals surface area (Å²) >= 11 is 0. The molecule has 0 aliphatic rings. The molecule has 0 bridgehead atoms. The van der Waals surface area contributed by atoms with E-state index < -0.39 is 17.9 Å². The number of carbonyl (C=O) groups is 2. The van der Waals surface area contributed by atoms with E-state index in [9.17, 15) is 9.59 Å². The Morgan fingerprint density at radius 1 is 0.971 bits per heavy atom. The Labute approximate surface area is 199 Å². The van der Waals surface area contributed by atoms with Crippen LogP contribution in [0.3, 0.4) is 0 Å². The van der Waals surface area contributed by atoms with E-state index in [1.54, 1.807) is 43.6 Å². The molecule has 0 saturated heterocycles. The van der Waals surface area contributed by atoms with E-state index in [0.717, 1.165) is 16.7 Å². The van der Waals surface area contributed by atoms with Crippen LogP contribution in [0.1, 0.15) is 40.9 Å². The number of hydrogen-bond donors (Lipinski definition) is 2. The first-order valence-corrected chi connectivity index (χ1v) is 11.0. The highest BCUT2D eigenvalue weighted by atomic mass is 16.5. The third-order valence-corrected chi connectivity index (χ3v) is 5.15. The standard InChI is InChI=1S/C26H29N3O5/c1-5-32-24-14-21(11-12-23(24)33-16-20-9-7-13-27-15-20)26(31)29-28-25(30)19(4)34-22-10-6-8-17(2)18(22)3/h6-15,19H,5,16H2,1-4H3,(H,28,30)(H,29,31). The summed E-state index contributed by atoms with van der Waals surface area (Å²) in [6, 6.07) is 14.2. The monoisotopic (exact) mass is 463 g/mol. The highest BCUT2D eigenvalue weighted by Gasteiger charge is 2.18. The summed E-state index contributed by atoms with van der Waals surface area (Å²) in [7, 11) is 0. The van der Waals surface area contributed by atoms with Gasteiger partial charge in [-0.2, -0.15) is 0 Å². The van der Waals surface area contributed by atoms with Crippen LogP contribution in [-0.2, 0) is 11.4 Å². The van der Waals surface area contributed by atoms with Gasteiger partial charge >= 0.3 is 0 Å². The number of carbonyl (C=O) groups excluding carboxylic acids is 2. The van der Waals surface area contributed by atoms with Crippen molar-refractivity contribution < 1.29 is 23.8 Å². The second kappa shape index (κ2) is 11.7. The average Bonchev–Trinajstić information content (AvgIpc) is 2.85. The SMILES string of the molecule is CCOc1cc(C(=O)NNC(=O)C(C)Oc2cccc(C)c2C)ccc1OCc1cccnc1. The van der Waals surface area contributed by atoms with E-state index >= 15 is 0 Å². The Hall–Kier alpha value is -4.07. The molecule has 1 aromatic heterocycles. The summed E-state index contributed by atoms with van der Waals surface area (Å²) in [6.07, 6.45) is 2.61. The van der Waals surface area contributed by atoms with Gasteiger partial charge in [-0.3, -0.25) is 25.4 Å². The van der Waals surface area contributed by atoms with Gasteiger partial charge in [0.25, 0.3) is 11.8 Å². The molecular formula is C26H29N3O5. The summed E-state index contributed by atoms with van der Waals surface area (Å²) in [5, 5.41) is 0. The molecule has 2 aromatic carbocycles. The van der Waals surface area contributed by atoms with Gasteiger partial charge in [0.05, 0.1) is 6.61 Å². The van der Waals surface area contributed by atoms with Crippen LogP contribution in [0, 0.1) is 13.8 Å². The third kappa shape index (κ3) is 6.48. The number of rotatable bonds is 9. The molecule has 0 saturated carbocycles. The van der Waals surface area contributed by atoms with E-state index in [4.69, 9.17) is 14.2 Å². The maximum atomic E-state index is 12.6. The van der Waals surface area contributed by atoms with Crippen LogP contribution in [0.25, 0.3) is 0 Å². The average molecular weight is 464 g/mol. The summed E-state index contributed by atoms with van der Waals surface area (Å²) in [4.78, 5) is 29.1. The molecule has 8 nitrogen and oxygen atoms in total. The Morgan fingerprint density at radius 2 is 1.79 bits per heavy atom. The lowest BCUT2D eigenvalue weighted by atomic mass is 10.1. The molecule has 2 amide bonds. The van der Waals surface area contributed by atoms with Crippen molar-refractivity contribution in [3.63, 3.8) is 0 Å². The van der Waals surface area contributed by atoms with E-state index in [1.807, 2.05) is 45.0 Å². The van der Waals surface area contributed by atoms with E-state index in [0.29, 0.717) is 36.0 Å². The Morgan fingerprint density at radius 3 is 2.53 bits per heavy atom. The Bertz CT molecular complexity index is 1130. The molecule has 0 fully saturated rings. The van der Waals surface area contributed by atoms with Crippen molar-refractivity contribution in [3.05, 3.63) is 83.2 Å². The van der Waals surface area contributed by atoms with Crippen LogP contribution in [0.5, 0.6) is 17.2 Å². The second-order valence-corrected chi connectivity index (χ2v) is 7.65. The minimum Gasteiger partial charge on any atom is -0.490 e. The number of aryl methyl sites for hydroxylation is 1. The van der Waals surface area contributed by atoms with Gasteiger partial charge in [-0.05, 0) is 69.2 Å². The molecule has 2 N–H and O–H groups in total. The first-order chi connectivity index (χ1) is 16.4. The minimum absolute atomic E-state index is 0.306. The van der Waals surface area contributed by atoms with Gasteiger partial charge in [0.1, 0.15) is 12.4 Å². The number of nitrogens with one attached hydrogen (secondary N) is 2. The molecule has 3 rings (SSSR count). The van der Waals surface area contributed by atoms with Crippen molar-refractivity contribution in [3.8, 4) is 17.2 Å². The normalized spacial score (nSPS) is 11.3. The lowest BCUT2D eigenvalue weighted by molar-refractivity contribution is -0.128. The first-order valence-electron chi connectivity index (χ1n) is 11.0. The predicted molar refractivity (Wildman–Crippen MR) is 128 cm³/mol. The molecular weight excluding hydrogens is 434 g/mol. The molecule has 0 aliphatic heterocycles. The van der Waals surface area contributed by atoms with Crippen molar-refractivity contribution in [2.75, 3.05) is 6.61 Å². The smallest absolute Gasteiger partial charge is 0.279 e. The lowest BCUT2D eigenvalue weighted by Gasteiger charge is -2.17. The van der Waals surface area contributed by atoms with Gasteiger partial charge in [0.2, 0.25) is 0 Å². The quantitative estimate of drug-likeness (QED) is 0.467. The number of hydrazine groups is 1. The van der Waals surface area contributed by atoms with E-state index in [1.165, 1.54) is 0 Å². The van der Waals surface area contributed by atoms with Gasteiger partial charge < -0.3 is 14.2 Å². The van der Waals surface area contributed by atoms with Gasteiger partial charge in [-0.15, -0.1) is 0 Å². The molecule has 0 aliphatic carbocycles. The fraction of sp³-hybridized carbons (Fsp3) is 0.269. The lowest BCUT2D eigenvalue weighted by Crippen LogP contribution is -2.47.